The Labute approximate surface area is 96.1 Å². The van der Waals surface area contributed by atoms with E-state index in [2.05, 4.69) is 26.2 Å². The minimum absolute atomic E-state index is 0.0356. The van der Waals surface area contributed by atoms with Gasteiger partial charge >= 0.3 is 0 Å². The smallest absolute Gasteiger partial charge is 0.186 e. The summed E-state index contributed by atoms with van der Waals surface area (Å²) < 4.78 is 2.03. The van der Waals surface area contributed by atoms with Gasteiger partial charge in [0.05, 0.1) is 0 Å². The van der Waals surface area contributed by atoms with Gasteiger partial charge < -0.3 is 5.73 Å². The van der Waals surface area contributed by atoms with Crippen LogP contribution < -0.4 is 5.73 Å². The van der Waals surface area contributed by atoms with Gasteiger partial charge in [-0.2, -0.15) is 0 Å². The lowest BCUT2D eigenvalue weighted by atomic mass is 10.0. The van der Waals surface area contributed by atoms with Crippen LogP contribution in [0.2, 0.25) is 0 Å². The van der Waals surface area contributed by atoms with Crippen LogP contribution in [-0.4, -0.2) is 26.8 Å². The van der Waals surface area contributed by atoms with Crippen molar-refractivity contribution in [1.82, 2.24) is 15.0 Å². The Bertz CT molecular complexity index is 370. The van der Waals surface area contributed by atoms with E-state index in [9.17, 15) is 4.79 Å². The van der Waals surface area contributed by atoms with Crippen molar-refractivity contribution in [2.24, 2.45) is 18.7 Å². The maximum absolute atomic E-state index is 12.1. The van der Waals surface area contributed by atoms with E-state index in [0.717, 1.165) is 19.3 Å². The van der Waals surface area contributed by atoms with Gasteiger partial charge in [0.2, 0.25) is 0 Å². The van der Waals surface area contributed by atoms with Gasteiger partial charge in [0.15, 0.2) is 10.4 Å². The molecule has 2 atom stereocenters. The molecule has 0 radical (unpaired) electrons. The second-order valence-electron chi connectivity index (χ2n) is 3.99. The van der Waals surface area contributed by atoms with Crippen LogP contribution in [0.15, 0.2) is 4.60 Å². The topological polar surface area (TPSA) is 73.8 Å². The third kappa shape index (κ3) is 1.96. The molecule has 1 aliphatic rings. The minimum atomic E-state index is 0.0356. The lowest BCUT2D eigenvalue weighted by molar-refractivity contribution is 0.0911. The highest BCUT2D eigenvalue weighted by molar-refractivity contribution is 9.10. The van der Waals surface area contributed by atoms with Crippen molar-refractivity contribution in [2.45, 2.75) is 25.3 Å². The normalized spacial score (nSPS) is 25.8. The summed E-state index contributed by atoms with van der Waals surface area (Å²) in [5.74, 6) is 0.135. The van der Waals surface area contributed by atoms with E-state index in [0.29, 0.717) is 10.3 Å². The van der Waals surface area contributed by atoms with Crippen molar-refractivity contribution in [3.63, 3.8) is 0 Å². The van der Waals surface area contributed by atoms with Crippen molar-refractivity contribution >= 4 is 21.7 Å². The molecular weight excluding hydrogens is 260 g/mol. The third-order valence-corrected chi connectivity index (χ3v) is 3.40. The van der Waals surface area contributed by atoms with E-state index in [1.807, 2.05) is 0 Å². The molecular formula is C9H13BrN4O. The number of carbonyl (C=O) groups excluding carboxylic acids is 1. The Hall–Kier alpha value is -0.750. The summed E-state index contributed by atoms with van der Waals surface area (Å²) in [6, 6.07) is 0.166. The molecule has 1 aromatic rings. The molecule has 0 aromatic carbocycles. The van der Waals surface area contributed by atoms with E-state index in [1.165, 1.54) is 4.68 Å². The Morgan fingerprint density at radius 2 is 2.33 bits per heavy atom. The summed E-state index contributed by atoms with van der Waals surface area (Å²) in [4.78, 5) is 12.1. The van der Waals surface area contributed by atoms with Crippen LogP contribution in [0.5, 0.6) is 0 Å². The Morgan fingerprint density at radius 3 is 2.80 bits per heavy atom. The molecule has 15 heavy (non-hydrogen) atoms. The van der Waals surface area contributed by atoms with Crippen LogP contribution in [0.3, 0.4) is 0 Å². The number of aryl methyl sites for hydroxylation is 1. The number of ketones is 1. The first kappa shape index (κ1) is 10.8. The molecule has 2 N–H and O–H groups in total. The highest BCUT2D eigenvalue weighted by atomic mass is 79.9. The molecule has 1 aromatic heterocycles. The predicted molar refractivity (Wildman–Crippen MR) is 58.3 cm³/mol. The van der Waals surface area contributed by atoms with Gasteiger partial charge in [-0.05, 0) is 35.2 Å². The first-order chi connectivity index (χ1) is 7.09. The third-order valence-electron chi connectivity index (χ3n) is 2.86. The fourth-order valence-electron chi connectivity index (χ4n) is 2.04. The second-order valence-corrected chi connectivity index (χ2v) is 4.74. The summed E-state index contributed by atoms with van der Waals surface area (Å²) in [6.45, 7) is 0. The average molecular weight is 273 g/mol. The van der Waals surface area contributed by atoms with E-state index < -0.39 is 0 Å². The van der Waals surface area contributed by atoms with Gasteiger partial charge in [-0.15, -0.1) is 5.10 Å². The fourth-order valence-corrected chi connectivity index (χ4v) is 2.56. The van der Waals surface area contributed by atoms with Gasteiger partial charge in [-0.3, -0.25) is 4.79 Å². The fraction of sp³-hybridized carbons (Fsp3) is 0.667. The van der Waals surface area contributed by atoms with Gasteiger partial charge in [0.1, 0.15) is 5.69 Å². The van der Waals surface area contributed by atoms with Gasteiger partial charge in [0.25, 0.3) is 0 Å². The van der Waals surface area contributed by atoms with Crippen molar-refractivity contribution in [3.8, 4) is 0 Å². The largest absolute Gasteiger partial charge is 0.328 e. The molecule has 1 aliphatic carbocycles. The number of hydrogen-bond acceptors (Lipinski definition) is 4. The van der Waals surface area contributed by atoms with E-state index >= 15 is 0 Å². The van der Waals surface area contributed by atoms with E-state index in [1.54, 1.807) is 7.05 Å². The molecule has 0 amide bonds. The lowest BCUT2D eigenvalue weighted by Gasteiger charge is -2.07. The summed E-state index contributed by atoms with van der Waals surface area (Å²) >= 11 is 3.23. The van der Waals surface area contributed by atoms with Crippen molar-refractivity contribution < 1.29 is 4.79 Å². The number of carbonyl (C=O) groups is 1. The number of halogens is 1. The number of rotatable bonds is 2. The molecule has 82 valence electrons. The molecule has 1 fully saturated rings. The number of nitrogens with two attached hydrogens (primary N) is 1. The average Bonchev–Trinajstić information content (AvgIpc) is 2.73. The first-order valence-electron chi connectivity index (χ1n) is 4.94. The van der Waals surface area contributed by atoms with Crippen LogP contribution in [0.1, 0.15) is 29.8 Å². The number of aromatic nitrogens is 3. The highest BCUT2D eigenvalue weighted by Crippen LogP contribution is 2.28. The van der Waals surface area contributed by atoms with Crippen LogP contribution in [0.25, 0.3) is 0 Å². The molecule has 0 spiro atoms. The standard InChI is InChI=1S/C9H13BrN4O/c1-14-7(9(10)12-13-14)8(15)5-2-3-6(11)4-5/h5-6H,2-4,11H2,1H3. The maximum Gasteiger partial charge on any atom is 0.186 e. The van der Waals surface area contributed by atoms with Crippen LogP contribution in [0, 0.1) is 5.92 Å². The SMILES string of the molecule is Cn1nnc(Br)c1C(=O)C1CCC(N)C1. The quantitative estimate of drug-likeness (QED) is 0.812. The molecule has 1 heterocycles. The van der Waals surface area contributed by atoms with Gasteiger partial charge in [0, 0.05) is 19.0 Å². The van der Waals surface area contributed by atoms with Crippen molar-refractivity contribution in [3.05, 3.63) is 10.3 Å². The maximum atomic E-state index is 12.1. The first-order valence-corrected chi connectivity index (χ1v) is 5.74. The summed E-state index contributed by atoms with van der Waals surface area (Å²) in [7, 11) is 1.72. The zero-order chi connectivity index (χ0) is 11.0. The molecule has 0 aliphatic heterocycles. The highest BCUT2D eigenvalue weighted by Gasteiger charge is 2.31. The van der Waals surface area contributed by atoms with Crippen LogP contribution in [0.4, 0.5) is 0 Å². The van der Waals surface area contributed by atoms with Crippen molar-refractivity contribution in [1.29, 1.82) is 0 Å². The predicted octanol–water partition coefficient (Wildman–Crippen LogP) is 0.888. The molecule has 5 nitrogen and oxygen atoms in total. The van der Waals surface area contributed by atoms with E-state index in [4.69, 9.17) is 5.73 Å². The number of nitrogens with zero attached hydrogens (tertiary/aromatic N) is 3. The number of hydrogen-bond donors (Lipinski definition) is 1. The molecule has 6 heteroatoms. The summed E-state index contributed by atoms with van der Waals surface area (Å²) in [5, 5.41) is 7.60. The zero-order valence-corrected chi connectivity index (χ0v) is 10.1. The van der Waals surface area contributed by atoms with Crippen molar-refractivity contribution in [2.75, 3.05) is 0 Å². The summed E-state index contributed by atoms with van der Waals surface area (Å²) in [5.41, 5.74) is 6.34. The Morgan fingerprint density at radius 1 is 1.60 bits per heavy atom. The molecule has 2 unspecified atom stereocenters. The second kappa shape index (κ2) is 4.02. The number of Topliss-reactive ketones (excluding diaryl/α,β-unsaturated/α-hetero) is 1. The van der Waals surface area contributed by atoms with E-state index in [-0.39, 0.29) is 17.7 Å². The zero-order valence-electron chi connectivity index (χ0n) is 8.48. The monoisotopic (exact) mass is 272 g/mol. The van der Waals surface area contributed by atoms with Crippen LogP contribution >= 0.6 is 15.9 Å². The summed E-state index contributed by atoms with van der Waals surface area (Å²) in [6.07, 6.45) is 2.58. The Balaban J connectivity index is 2.21. The van der Waals surface area contributed by atoms with Gasteiger partial charge in [-0.25, -0.2) is 4.68 Å². The molecule has 1 saturated carbocycles. The minimum Gasteiger partial charge on any atom is -0.328 e. The van der Waals surface area contributed by atoms with Crippen LogP contribution in [-0.2, 0) is 7.05 Å². The molecule has 0 bridgehead atoms. The lowest BCUT2D eigenvalue weighted by Crippen LogP contribution is -2.20. The molecule has 2 rings (SSSR count). The Kier molecular flexibility index (Phi) is 2.88. The van der Waals surface area contributed by atoms with Gasteiger partial charge in [-0.1, -0.05) is 5.21 Å². The molecule has 0 saturated heterocycles.